The standard InChI is InChI=1S/C19H26O/c1-5-6-15-8-10-17(19(20)12-15)18-11-14(4)7-9-16(18)13(2)3/h8,10-12,16,18,20H,2,5-7,9H2,1,3-4H3. The van der Waals surface area contributed by atoms with Crippen LogP contribution in [0.1, 0.15) is 57.1 Å². The first-order chi connectivity index (χ1) is 9.52. The SMILES string of the molecule is C=C(C)C1CCC(C)=CC1c1ccc(CCC)cc1O. The second-order valence-corrected chi connectivity index (χ2v) is 6.17. The molecule has 0 saturated carbocycles. The summed E-state index contributed by atoms with van der Waals surface area (Å²) in [7, 11) is 0. The van der Waals surface area contributed by atoms with Crippen LogP contribution in [0, 0.1) is 5.92 Å². The molecule has 0 spiro atoms. The van der Waals surface area contributed by atoms with Crippen LogP contribution in [0.15, 0.2) is 42.0 Å². The molecule has 1 heteroatoms. The molecule has 0 bridgehead atoms. The van der Waals surface area contributed by atoms with Crippen molar-refractivity contribution in [3.63, 3.8) is 0 Å². The Morgan fingerprint density at radius 1 is 1.40 bits per heavy atom. The highest BCUT2D eigenvalue weighted by molar-refractivity contribution is 5.43. The number of allylic oxidation sites excluding steroid dienone is 3. The molecule has 0 heterocycles. The van der Waals surface area contributed by atoms with Crippen molar-refractivity contribution in [2.75, 3.05) is 0 Å². The van der Waals surface area contributed by atoms with Crippen molar-refractivity contribution < 1.29 is 5.11 Å². The number of aromatic hydroxyl groups is 1. The Kier molecular flexibility index (Phi) is 4.69. The van der Waals surface area contributed by atoms with E-state index in [0.29, 0.717) is 11.7 Å². The van der Waals surface area contributed by atoms with Crippen LogP contribution in [0.3, 0.4) is 0 Å². The minimum absolute atomic E-state index is 0.275. The lowest BCUT2D eigenvalue weighted by molar-refractivity contribution is 0.436. The van der Waals surface area contributed by atoms with Gasteiger partial charge in [-0.1, -0.05) is 49.3 Å². The van der Waals surface area contributed by atoms with Crippen molar-refractivity contribution in [2.45, 2.75) is 52.4 Å². The van der Waals surface area contributed by atoms with Gasteiger partial charge in [-0.25, -0.2) is 0 Å². The third kappa shape index (κ3) is 3.15. The highest BCUT2D eigenvalue weighted by Crippen LogP contribution is 2.42. The molecule has 1 aliphatic rings. The highest BCUT2D eigenvalue weighted by atomic mass is 16.3. The zero-order chi connectivity index (χ0) is 14.7. The molecule has 2 atom stereocenters. The molecular formula is C19H26O. The number of phenolic OH excluding ortho intramolecular Hbond substituents is 1. The summed E-state index contributed by atoms with van der Waals surface area (Å²) in [5.74, 6) is 1.16. The van der Waals surface area contributed by atoms with Crippen molar-refractivity contribution in [1.82, 2.24) is 0 Å². The zero-order valence-corrected chi connectivity index (χ0v) is 12.9. The third-order valence-electron chi connectivity index (χ3n) is 4.37. The predicted octanol–water partition coefficient (Wildman–Crippen LogP) is 5.36. The van der Waals surface area contributed by atoms with Crippen molar-refractivity contribution in [2.24, 2.45) is 5.92 Å². The fourth-order valence-corrected chi connectivity index (χ4v) is 3.24. The molecule has 0 aromatic heterocycles. The number of phenols is 1. The summed E-state index contributed by atoms with van der Waals surface area (Å²) >= 11 is 0. The van der Waals surface area contributed by atoms with E-state index in [2.05, 4.69) is 45.6 Å². The fourth-order valence-electron chi connectivity index (χ4n) is 3.24. The largest absolute Gasteiger partial charge is 0.508 e. The molecule has 20 heavy (non-hydrogen) atoms. The monoisotopic (exact) mass is 270 g/mol. The van der Waals surface area contributed by atoms with E-state index in [1.54, 1.807) is 0 Å². The topological polar surface area (TPSA) is 20.2 Å². The van der Waals surface area contributed by atoms with Crippen molar-refractivity contribution in [3.8, 4) is 5.75 Å². The molecule has 1 aromatic rings. The average Bonchev–Trinajstić information content (AvgIpc) is 2.38. The van der Waals surface area contributed by atoms with Crippen LogP contribution >= 0.6 is 0 Å². The molecule has 0 radical (unpaired) electrons. The maximum Gasteiger partial charge on any atom is 0.119 e. The third-order valence-corrected chi connectivity index (χ3v) is 4.37. The van der Waals surface area contributed by atoms with Crippen molar-refractivity contribution in [1.29, 1.82) is 0 Å². The fraction of sp³-hybridized carbons (Fsp3) is 0.474. The van der Waals surface area contributed by atoms with Gasteiger partial charge < -0.3 is 5.11 Å². The number of hydrogen-bond acceptors (Lipinski definition) is 1. The Labute approximate surface area is 123 Å². The van der Waals surface area contributed by atoms with Crippen molar-refractivity contribution >= 4 is 0 Å². The van der Waals surface area contributed by atoms with Gasteiger partial charge in [-0.3, -0.25) is 0 Å². The summed E-state index contributed by atoms with van der Waals surface area (Å²) in [6.07, 6.45) is 6.73. The first-order valence-electron chi connectivity index (χ1n) is 7.67. The van der Waals surface area contributed by atoms with Crippen LogP contribution in [-0.4, -0.2) is 5.11 Å². The summed E-state index contributed by atoms with van der Waals surface area (Å²) < 4.78 is 0. The molecule has 1 nitrogen and oxygen atoms in total. The van der Waals surface area contributed by atoms with E-state index in [0.717, 1.165) is 31.2 Å². The lowest BCUT2D eigenvalue weighted by Gasteiger charge is -2.31. The van der Waals surface area contributed by atoms with E-state index >= 15 is 0 Å². The van der Waals surface area contributed by atoms with Crippen LogP contribution in [0.5, 0.6) is 5.75 Å². The van der Waals surface area contributed by atoms with Gasteiger partial charge in [0.1, 0.15) is 5.75 Å². The molecule has 0 aliphatic heterocycles. The van der Waals surface area contributed by atoms with Gasteiger partial charge in [-0.2, -0.15) is 0 Å². The quantitative estimate of drug-likeness (QED) is 0.730. The molecule has 0 saturated heterocycles. The second-order valence-electron chi connectivity index (χ2n) is 6.17. The van der Waals surface area contributed by atoms with E-state index in [9.17, 15) is 5.11 Å². The molecule has 2 unspecified atom stereocenters. The van der Waals surface area contributed by atoms with Gasteiger partial charge in [0.2, 0.25) is 0 Å². The summed E-state index contributed by atoms with van der Waals surface area (Å²) in [5, 5.41) is 10.4. The van der Waals surface area contributed by atoms with Crippen LogP contribution < -0.4 is 0 Å². The van der Waals surface area contributed by atoms with Gasteiger partial charge in [0, 0.05) is 11.5 Å². The number of benzene rings is 1. The zero-order valence-electron chi connectivity index (χ0n) is 12.9. The molecule has 0 amide bonds. The second kappa shape index (κ2) is 6.30. The lowest BCUT2D eigenvalue weighted by atomic mass is 9.74. The van der Waals surface area contributed by atoms with Crippen molar-refractivity contribution in [3.05, 3.63) is 53.1 Å². The van der Waals surface area contributed by atoms with E-state index in [1.807, 2.05) is 6.07 Å². The van der Waals surface area contributed by atoms with Crippen LogP contribution in [0.2, 0.25) is 0 Å². The van der Waals surface area contributed by atoms with Crippen LogP contribution in [-0.2, 0) is 6.42 Å². The maximum atomic E-state index is 10.4. The molecule has 2 rings (SSSR count). The minimum atomic E-state index is 0.275. The van der Waals surface area contributed by atoms with Gasteiger partial charge in [0.25, 0.3) is 0 Å². The van der Waals surface area contributed by atoms with Gasteiger partial charge in [0.15, 0.2) is 0 Å². The van der Waals surface area contributed by atoms with E-state index in [4.69, 9.17) is 0 Å². The summed E-state index contributed by atoms with van der Waals surface area (Å²) in [6.45, 7) is 10.6. The van der Waals surface area contributed by atoms with Gasteiger partial charge in [0.05, 0.1) is 0 Å². The Bertz CT molecular complexity index is 525. The Hall–Kier alpha value is -1.50. The smallest absolute Gasteiger partial charge is 0.119 e. The maximum absolute atomic E-state index is 10.4. The number of hydrogen-bond donors (Lipinski definition) is 1. The highest BCUT2D eigenvalue weighted by Gasteiger charge is 2.27. The summed E-state index contributed by atoms with van der Waals surface area (Å²) in [6, 6.07) is 6.20. The number of aryl methyl sites for hydroxylation is 1. The van der Waals surface area contributed by atoms with Gasteiger partial charge >= 0.3 is 0 Å². The Balaban J connectivity index is 2.37. The van der Waals surface area contributed by atoms with Gasteiger partial charge in [-0.15, -0.1) is 0 Å². The van der Waals surface area contributed by atoms with E-state index in [-0.39, 0.29) is 5.92 Å². The van der Waals surface area contributed by atoms with Crippen LogP contribution in [0.25, 0.3) is 0 Å². The number of rotatable bonds is 4. The first-order valence-corrected chi connectivity index (χ1v) is 7.67. The molecule has 1 aromatic carbocycles. The predicted molar refractivity (Wildman–Crippen MR) is 86.1 cm³/mol. The van der Waals surface area contributed by atoms with E-state index < -0.39 is 0 Å². The molecule has 0 fully saturated rings. The minimum Gasteiger partial charge on any atom is -0.508 e. The van der Waals surface area contributed by atoms with Gasteiger partial charge in [-0.05, 0) is 50.7 Å². The molecule has 1 N–H and O–H groups in total. The van der Waals surface area contributed by atoms with Crippen LogP contribution in [0.4, 0.5) is 0 Å². The molecular weight excluding hydrogens is 244 g/mol. The average molecular weight is 270 g/mol. The summed E-state index contributed by atoms with van der Waals surface area (Å²) in [5.41, 5.74) is 4.91. The molecule has 108 valence electrons. The first kappa shape index (κ1) is 14.9. The summed E-state index contributed by atoms with van der Waals surface area (Å²) in [4.78, 5) is 0. The Morgan fingerprint density at radius 2 is 2.15 bits per heavy atom. The molecule has 1 aliphatic carbocycles. The lowest BCUT2D eigenvalue weighted by Crippen LogP contribution is -2.17. The normalized spacial score (nSPS) is 22.4. The van der Waals surface area contributed by atoms with E-state index in [1.165, 1.54) is 16.7 Å². The Morgan fingerprint density at radius 3 is 2.75 bits per heavy atom.